The molecule has 2 aromatic heterocycles. The number of hydrogen-bond acceptors (Lipinski definition) is 6. The standard InChI is InChI=1S/C19H24Cl2N6O2/c1-2-5-26(8-9-28)6-7-27-12-23-17-16(27)18(29)25-19(24-17)22-11-13-3-4-14(20)15(21)10-13/h3-4,10,12,28H,2,5-9,11H2,1H3,(H2,22,24,25,29)/i2D,5D2,6D2,7D2,8D2,9D2,11D2. The maximum absolute atomic E-state index is 13.1. The number of imidazole rings is 1. The minimum absolute atomic E-state index is 0.00860. The fourth-order valence-corrected chi connectivity index (χ4v) is 2.46. The molecule has 0 saturated heterocycles. The summed E-state index contributed by atoms with van der Waals surface area (Å²) in [6.07, 6.45) is -1.40. The molecule has 156 valence electrons. The molecule has 0 amide bonds. The number of halogens is 2. The molecule has 0 bridgehead atoms. The van der Waals surface area contributed by atoms with E-state index in [2.05, 4.69) is 20.3 Å². The topological polar surface area (TPSA) is 99.1 Å². The van der Waals surface area contributed by atoms with E-state index in [0.29, 0.717) is 6.33 Å². The van der Waals surface area contributed by atoms with Gasteiger partial charge in [0.2, 0.25) is 5.95 Å². The summed E-state index contributed by atoms with van der Waals surface area (Å²) in [5, 5.41) is 12.4. The average Bonchev–Trinajstić information content (AvgIpc) is 3.24. The molecular weight excluding hydrogens is 415 g/mol. The Labute approximate surface area is 196 Å². The summed E-state index contributed by atoms with van der Waals surface area (Å²) in [6.45, 7) is -20.4. The zero-order chi connectivity index (χ0) is 32.4. The highest BCUT2D eigenvalue weighted by molar-refractivity contribution is 6.42. The lowest BCUT2D eigenvalue weighted by molar-refractivity contribution is 0.191. The van der Waals surface area contributed by atoms with E-state index < -0.39 is 73.0 Å². The lowest BCUT2D eigenvalue weighted by Gasteiger charge is -2.20. The molecule has 0 aliphatic heterocycles. The minimum Gasteiger partial charge on any atom is -0.395 e. The van der Waals surface area contributed by atoms with Crippen LogP contribution in [0.5, 0.6) is 0 Å². The summed E-state index contributed by atoms with van der Waals surface area (Å²) in [5.74, 6) is -0.483. The number of aromatic nitrogens is 4. The molecule has 1 unspecified atom stereocenters. The zero-order valence-corrected chi connectivity index (χ0v) is 16.3. The minimum atomic E-state index is -3.96. The Bertz CT molecular complexity index is 1540. The quantitative estimate of drug-likeness (QED) is 0.438. The molecule has 3 N–H and O–H groups in total. The highest BCUT2D eigenvalue weighted by Gasteiger charge is 2.12. The van der Waals surface area contributed by atoms with Crippen molar-refractivity contribution in [3.8, 4) is 0 Å². The molecule has 0 radical (unpaired) electrons. The smallest absolute Gasteiger partial charge is 0.278 e. The number of H-pyrrole nitrogens is 1. The molecule has 10 heteroatoms. The van der Waals surface area contributed by atoms with Crippen LogP contribution in [-0.2, 0) is 13.0 Å². The van der Waals surface area contributed by atoms with E-state index in [1.165, 1.54) is 18.2 Å². The van der Waals surface area contributed by atoms with Gasteiger partial charge < -0.3 is 15.0 Å². The largest absolute Gasteiger partial charge is 0.395 e. The SMILES string of the molecule is [2H]C(C)C([2H])([2H])N(C([2H])([2H])C([2H])([2H])O)C([2H])([2H])C([2H])([2H])n1cnc2nc(NC([2H])([2H])c3ccc(Cl)c(Cl)c3)[nH]c(=O)c21. The number of aryl methyl sites for hydroxylation is 1. The number of aromatic amines is 1. The van der Waals surface area contributed by atoms with E-state index >= 15 is 0 Å². The fourth-order valence-electron chi connectivity index (χ4n) is 2.16. The summed E-state index contributed by atoms with van der Waals surface area (Å²) < 4.78 is 106. The van der Waals surface area contributed by atoms with Crippen molar-refractivity contribution in [1.82, 2.24) is 24.4 Å². The lowest BCUT2D eigenvalue weighted by atomic mass is 10.2. The van der Waals surface area contributed by atoms with Gasteiger partial charge in [0.25, 0.3) is 5.56 Å². The number of anilines is 1. The molecule has 2 heterocycles. The Morgan fingerprint density at radius 1 is 1.31 bits per heavy atom. The molecule has 0 fully saturated rings. The van der Waals surface area contributed by atoms with Gasteiger partial charge in [0.1, 0.15) is 0 Å². The summed E-state index contributed by atoms with van der Waals surface area (Å²) in [4.78, 5) is 22.4. The predicted molar refractivity (Wildman–Crippen MR) is 116 cm³/mol. The van der Waals surface area contributed by atoms with Crippen LogP contribution < -0.4 is 10.9 Å². The van der Waals surface area contributed by atoms with E-state index in [4.69, 9.17) is 41.0 Å². The molecule has 0 spiro atoms. The second-order valence-electron chi connectivity index (χ2n) is 5.28. The Balaban J connectivity index is 2.15. The maximum atomic E-state index is 13.1. The van der Waals surface area contributed by atoms with Crippen LogP contribution in [0.1, 0.15) is 36.7 Å². The van der Waals surface area contributed by atoms with Crippen LogP contribution in [0, 0.1) is 0 Å². The van der Waals surface area contributed by atoms with E-state index in [1.807, 2.05) is 0 Å². The number of fused-ring (bicyclic) bond motifs is 1. The van der Waals surface area contributed by atoms with Crippen molar-refractivity contribution in [2.24, 2.45) is 0 Å². The molecule has 3 rings (SSSR count). The first-order valence-electron chi connectivity index (χ1n) is 14.5. The summed E-state index contributed by atoms with van der Waals surface area (Å²) >= 11 is 11.8. The van der Waals surface area contributed by atoms with Crippen molar-refractivity contribution in [3.05, 3.63) is 50.5 Å². The third-order valence-corrected chi connectivity index (χ3v) is 4.10. The Morgan fingerprint density at radius 2 is 2.14 bits per heavy atom. The van der Waals surface area contributed by atoms with Crippen molar-refractivity contribution in [2.45, 2.75) is 26.3 Å². The predicted octanol–water partition coefficient (Wildman–Crippen LogP) is 2.74. The summed E-state index contributed by atoms with van der Waals surface area (Å²) in [5.41, 5.74) is -2.45. The average molecular weight is 452 g/mol. The number of nitrogens with one attached hydrogen (secondary N) is 2. The van der Waals surface area contributed by atoms with Crippen molar-refractivity contribution in [3.63, 3.8) is 0 Å². The Hall–Kier alpha value is -2.13. The Kier molecular flexibility index (Phi) is 3.56. The summed E-state index contributed by atoms with van der Waals surface area (Å²) in [7, 11) is 0. The van der Waals surface area contributed by atoms with Crippen LogP contribution in [0.15, 0.2) is 29.3 Å². The molecule has 0 aliphatic rings. The van der Waals surface area contributed by atoms with Gasteiger partial charge in [-0.2, -0.15) is 4.98 Å². The third kappa shape index (κ3) is 5.48. The van der Waals surface area contributed by atoms with Crippen LogP contribution >= 0.6 is 23.2 Å². The molecule has 29 heavy (non-hydrogen) atoms. The van der Waals surface area contributed by atoms with E-state index in [9.17, 15) is 9.90 Å². The van der Waals surface area contributed by atoms with Gasteiger partial charge in [0.15, 0.2) is 11.2 Å². The van der Waals surface area contributed by atoms with Gasteiger partial charge in [-0.3, -0.25) is 14.7 Å². The monoisotopic (exact) mass is 451 g/mol. The van der Waals surface area contributed by atoms with Gasteiger partial charge in [-0.1, -0.05) is 36.2 Å². The molecule has 1 aromatic carbocycles. The van der Waals surface area contributed by atoms with Gasteiger partial charge in [-0.15, -0.1) is 0 Å². The van der Waals surface area contributed by atoms with Gasteiger partial charge in [0.05, 0.1) is 31.2 Å². The summed E-state index contributed by atoms with van der Waals surface area (Å²) in [6, 6.07) is 3.89. The number of nitrogens with zero attached hydrogens (tertiary/aromatic N) is 4. The van der Waals surface area contributed by atoms with Crippen molar-refractivity contribution in [2.75, 3.05) is 31.4 Å². The van der Waals surface area contributed by atoms with Gasteiger partial charge >= 0.3 is 0 Å². The molecule has 0 aliphatic carbocycles. The highest BCUT2D eigenvalue weighted by atomic mass is 35.5. The fraction of sp³-hybridized carbons (Fsp3) is 0.421. The van der Waals surface area contributed by atoms with Gasteiger partial charge in [-0.25, -0.2) is 4.98 Å². The number of aliphatic hydroxyl groups is 1. The van der Waals surface area contributed by atoms with Crippen LogP contribution in [-0.4, -0.2) is 55.6 Å². The van der Waals surface area contributed by atoms with Crippen molar-refractivity contribution >= 4 is 40.3 Å². The molecule has 8 nitrogen and oxygen atoms in total. The molecule has 1 atom stereocenters. The molecule has 0 saturated carbocycles. The van der Waals surface area contributed by atoms with Crippen molar-refractivity contribution < 1.29 is 22.9 Å². The van der Waals surface area contributed by atoms with Gasteiger partial charge in [0, 0.05) is 35.6 Å². The first kappa shape index (κ1) is 10.3. The van der Waals surface area contributed by atoms with Crippen LogP contribution in [0.2, 0.25) is 10.0 Å². The molecule has 3 aromatic rings. The first-order chi connectivity index (χ1) is 18.8. The van der Waals surface area contributed by atoms with Crippen LogP contribution in [0.25, 0.3) is 11.2 Å². The first-order valence-corrected chi connectivity index (χ1v) is 8.72. The third-order valence-electron chi connectivity index (χ3n) is 3.36. The van der Waals surface area contributed by atoms with Crippen LogP contribution in [0.4, 0.5) is 5.95 Å². The number of hydrogen-bond donors (Lipinski definition) is 3. The number of rotatable bonds is 10. The second-order valence-corrected chi connectivity index (χ2v) is 6.10. The number of benzene rings is 1. The van der Waals surface area contributed by atoms with E-state index in [-0.39, 0.29) is 20.2 Å². The highest BCUT2D eigenvalue weighted by Crippen LogP contribution is 2.22. The van der Waals surface area contributed by atoms with E-state index in [0.717, 1.165) is 6.92 Å². The second kappa shape index (κ2) is 10.1. The maximum Gasteiger partial charge on any atom is 0.278 e. The Morgan fingerprint density at radius 3 is 2.86 bits per heavy atom. The lowest BCUT2D eigenvalue weighted by Crippen LogP contribution is -2.31. The normalized spacial score (nSPS) is 22.2. The van der Waals surface area contributed by atoms with Crippen molar-refractivity contribution in [1.29, 1.82) is 0 Å². The van der Waals surface area contributed by atoms with Gasteiger partial charge in [-0.05, 0) is 30.6 Å². The van der Waals surface area contributed by atoms with Crippen LogP contribution in [0.3, 0.4) is 0 Å². The van der Waals surface area contributed by atoms with E-state index in [1.54, 1.807) is 0 Å². The zero-order valence-electron chi connectivity index (χ0n) is 27.8. The molecular formula is C19H24Cl2N6O2.